The van der Waals surface area contributed by atoms with Gasteiger partial charge in [0.2, 0.25) is 0 Å². The summed E-state index contributed by atoms with van der Waals surface area (Å²) in [6, 6.07) is 11.5. The fourth-order valence-corrected chi connectivity index (χ4v) is 4.35. The molecule has 4 heterocycles. The van der Waals surface area contributed by atoms with Crippen molar-refractivity contribution in [3.05, 3.63) is 48.4 Å². The minimum absolute atomic E-state index is 0.0505. The van der Waals surface area contributed by atoms with Gasteiger partial charge in [0.1, 0.15) is 22.9 Å². The van der Waals surface area contributed by atoms with Gasteiger partial charge in [-0.25, -0.2) is 14.6 Å². The molecule has 0 bridgehead atoms. The quantitative estimate of drug-likeness (QED) is 0.305. The predicted molar refractivity (Wildman–Crippen MR) is 133 cm³/mol. The van der Waals surface area contributed by atoms with E-state index in [0.717, 1.165) is 42.5 Å². The zero-order valence-corrected chi connectivity index (χ0v) is 20.8. The first-order chi connectivity index (χ1) is 17.5. The maximum absolute atomic E-state index is 11.5. The Kier molecular flexibility index (Phi) is 6.99. The van der Waals surface area contributed by atoms with E-state index in [4.69, 9.17) is 28.7 Å². The van der Waals surface area contributed by atoms with Crippen molar-refractivity contribution in [2.24, 2.45) is 0 Å². The largest absolute Gasteiger partial charge is 0.491 e. The summed E-state index contributed by atoms with van der Waals surface area (Å²) in [6.45, 7) is 4.72. The maximum Gasteiger partial charge on any atom is 0.305 e. The van der Waals surface area contributed by atoms with Crippen molar-refractivity contribution in [3.63, 3.8) is 0 Å². The zero-order chi connectivity index (χ0) is 25.1. The Bertz CT molecular complexity index is 1350. The normalized spacial score (nSPS) is 15.9. The van der Waals surface area contributed by atoms with Gasteiger partial charge < -0.3 is 18.6 Å². The molecular formula is C27H30N4O5. The van der Waals surface area contributed by atoms with E-state index in [1.54, 1.807) is 12.3 Å². The van der Waals surface area contributed by atoms with Crippen molar-refractivity contribution < 1.29 is 23.4 Å². The van der Waals surface area contributed by atoms with Crippen LogP contribution in [0.15, 0.2) is 47.0 Å². The minimum atomic E-state index is -0.275. The number of hydrogen-bond acceptors (Lipinski definition) is 8. The van der Waals surface area contributed by atoms with E-state index in [2.05, 4.69) is 4.98 Å². The standard InChI is InChI=1S/C27H30N4O5/c1-17(2)35-19-7-10-22-20(16-19)26(30-31(22)24-6-4-5-15-34-24)27-28-14-13-21(29-27)23-11-8-18(36-23)9-12-25(32)33-3/h7-8,10-11,13-14,16-17,24H,4-6,9,12,15H2,1-3H3. The van der Waals surface area contributed by atoms with Crippen LogP contribution in [0.3, 0.4) is 0 Å². The first kappa shape index (κ1) is 24.0. The highest BCUT2D eigenvalue weighted by Crippen LogP contribution is 2.34. The Morgan fingerprint density at radius 3 is 2.86 bits per heavy atom. The summed E-state index contributed by atoms with van der Waals surface area (Å²) in [5.41, 5.74) is 2.24. The van der Waals surface area contributed by atoms with Gasteiger partial charge in [0.05, 0.1) is 25.2 Å². The van der Waals surface area contributed by atoms with E-state index in [0.29, 0.717) is 35.2 Å². The van der Waals surface area contributed by atoms with Crippen molar-refractivity contribution in [1.82, 2.24) is 19.7 Å². The SMILES string of the molecule is COC(=O)CCc1ccc(-c2ccnc(-c3nn(C4CCCCO4)c4ccc(OC(C)C)cc34)n2)o1. The molecule has 9 nitrogen and oxygen atoms in total. The van der Waals surface area contributed by atoms with E-state index < -0.39 is 0 Å². The Morgan fingerprint density at radius 1 is 1.19 bits per heavy atom. The first-order valence-electron chi connectivity index (χ1n) is 12.3. The Hall–Kier alpha value is -3.72. The third kappa shape index (κ3) is 5.11. The molecule has 1 aliphatic heterocycles. The van der Waals surface area contributed by atoms with Crippen LogP contribution in [-0.2, 0) is 20.7 Å². The lowest BCUT2D eigenvalue weighted by Crippen LogP contribution is -2.19. The second kappa shape index (κ2) is 10.5. The Labute approximate surface area is 209 Å². The summed E-state index contributed by atoms with van der Waals surface area (Å²) >= 11 is 0. The maximum atomic E-state index is 11.5. The molecule has 4 aromatic rings. The van der Waals surface area contributed by atoms with Gasteiger partial charge in [0.25, 0.3) is 0 Å². The van der Waals surface area contributed by atoms with Crippen LogP contribution in [0.5, 0.6) is 5.75 Å². The van der Waals surface area contributed by atoms with Crippen LogP contribution in [-0.4, -0.2) is 45.5 Å². The molecule has 1 aliphatic rings. The molecule has 0 N–H and O–H groups in total. The number of aromatic nitrogens is 4. The average Bonchev–Trinajstić information content (AvgIpc) is 3.52. The lowest BCUT2D eigenvalue weighted by molar-refractivity contribution is -0.140. The molecule has 3 aromatic heterocycles. The van der Waals surface area contributed by atoms with Crippen molar-refractivity contribution in [2.75, 3.05) is 13.7 Å². The topological polar surface area (TPSA) is 102 Å². The number of methoxy groups -OCH3 is 1. The number of nitrogens with zero attached hydrogens (tertiary/aromatic N) is 4. The second-order valence-corrected chi connectivity index (χ2v) is 9.07. The van der Waals surface area contributed by atoms with E-state index in [1.165, 1.54) is 7.11 Å². The molecule has 0 aliphatic carbocycles. The highest BCUT2D eigenvalue weighted by Gasteiger charge is 2.23. The van der Waals surface area contributed by atoms with Crippen molar-refractivity contribution >= 4 is 16.9 Å². The number of ether oxygens (including phenoxy) is 3. The first-order valence-corrected chi connectivity index (χ1v) is 12.3. The molecule has 188 valence electrons. The monoisotopic (exact) mass is 490 g/mol. The Balaban J connectivity index is 1.52. The smallest absolute Gasteiger partial charge is 0.305 e. The second-order valence-electron chi connectivity index (χ2n) is 9.07. The van der Waals surface area contributed by atoms with Gasteiger partial charge in [-0.1, -0.05) is 0 Å². The Morgan fingerprint density at radius 2 is 2.08 bits per heavy atom. The fraction of sp³-hybridized carbons (Fsp3) is 0.407. The van der Waals surface area contributed by atoms with Gasteiger partial charge in [-0.3, -0.25) is 4.79 Å². The highest BCUT2D eigenvalue weighted by molar-refractivity contribution is 5.93. The lowest BCUT2D eigenvalue weighted by atomic mass is 10.1. The van der Waals surface area contributed by atoms with Crippen molar-refractivity contribution in [2.45, 2.75) is 58.3 Å². The van der Waals surface area contributed by atoms with Gasteiger partial charge in [0.15, 0.2) is 17.8 Å². The van der Waals surface area contributed by atoms with Crippen LogP contribution in [0.2, 0.25) is 0 Å². The number of hydrogen-bond donors (Lipinski definition) is 0. The third-order valence-corrected chi connectivity index (χ3v) is 6.06. The molecule has 1 unspecified atom stereocenters. The minimum Gasteiger partial charge on any atom is -0.491 e. The van der Waals surface area contributed by atoms with Crippen LogP contribution in [0.25, 0.3) is 33.9 Å². The summed E-state index contributed by atoms with van der Waals surface area (Å²) in [7, 11) is 1.38. The molecule has 0 saturated carbocycles. The molecular weight excluding hydrogens is 460 g/mol. The van der Waals surface area contributed by atoms with Crippen molar-refractivity contribution in [1.29, 1.82) is 0 Å². The molecule has 9 heteroatoms. The van der Waals surface area contributed by atoms with Gasteiger partial charge in [-0.15, -0.1) is 0 Å². The fourth-order valence-electron chi connectivity index (χ4n) is 4.35. The number of aryl methyl sites for hydroxylation is 1. The van der Waals surface area contributed by atoms with Gasteiger partial charge in [0, 0.05) is 24.6 Å². The van der Waals surface area contributed by atoms with Crippen LogP contribution in [0.4, 0.5) is 0 Å². The molecule has 0 amide bonds. The zero-order valence-electron chi connectivity index (χ0n) is 20.8. The average molecular weight is 491 g/mol. The molecule has 0 radical (unpaired) electrons. The van der Waals surface area contributed by atoms with Crippen molar-refractivity contribution in [3.8, 4) is 28.7 Å². The number of carbonyl (C=O) groups excluding carboxylic acids is 1. The molecule has 0 spiro atoms. The van der Waals surface area contributed by atoms with Crippen LogP contribution in [0, 0.1) is 0 Å². The number of furan rings is 1. The van der Waals surface area contributed by atoms with E-state index in [9.17, 15) is 4.79 Å². The van der Waals surface area contributed by atoms with E-state index >= 15 is 0 Å². The van der Waals surface area contributed by atoms with Crippen LogP contribution < -0.4 is 4.74 Å². The predicted octanol–water partition coefficient (Wildman–Crippen LogP) is 5.35. The molecule has 1 fully saturated rings. The van der Waals surface area contributed by atoms with Gasteiger partial charge >= 0.3 is 5.97 Å². The number of rotatable bonds is 8. The summed E-state index contributed by atoms with van der Waals surface area (Å²) < 4.78 is 24.6. The molecule has 1 aromatic carbocycles. The summed E-state index contributed by atoms with van der Waals surface area (Å²) in [6.07, 6.45) is 5.40. The van der Waals surface area contributed by atoms with E-state index in [-0.39, 0.29) is 24.7 Å². The number of fused-ring (bicyclic) bond motifs is 1. The number of benzene rings is 1. The lowest BCUT2D eigenvalue weighted by Gasteiger charge is -2.23. The molecule has 5 rings (SSSR count). The van der Waals surface area contributed by atoms with Gasteiger partial charge in [-0.2, -0.15) is 5.10 Å². The third-order valence-electron chi connectivity index (χ3n) is 6.06. The summed E-state index contributed by atoms with van der Waals surface area (Å²) in [5.74, 6) is 2.26. The van der Waals surface area contributed by atoms with Crippen LogP contribution in [0.1, 0.15) is 51.5 Å². The molecule has 1 atom stereocenters. The summed E-state index contributed by atoms with van der Waals surface area (Å²) in [5, 5.41) is 5.83. The number of esters is 1. The molecule has 36 heavy (non-hydrogen) atoms. The van der Waals surface area contributed by atoms with Crippen LogP contribution >= 0.6 is 0 Å². The number of carbonyl (C=O) groups is 1. The highest BCUT2D eigenvalue weighted by atomic mass is 16.5. The van der Waals surface area contributed by atoms with Gasteiger partial charge in [-0.05, 0) is 69.5 Å². The summed E-state index contributed by atoms with van der Waals surface area (Å²) in [4.78, 5) is 20.8. The molecule has 1 saturated heterocycles. The van der Waals surface area contributed by atoms with E-state index in [1.807, 2.05) is 48.9 Å².